The van der Waals surface area contributed by atoms with Crippen LogP contribution in [0.1, 0.15) is 25.6 Å². The summed E-state index contributed by atoms with van der Waals surface area (Å²) in [6.07, 6.45) is 0. The minimum atomic E-state index is 0.332. The van der Waals surface area contributed by atoms with Gasteiger partial charge < -0.3 is 4.74 Å². The highest BCUT2D eigenvalue weighted by Crippen LogP contribution is 2.26. The molecule has 1 aromatic heterocycles. The first-order valence-corrected chi connectivity index (χ1v) is 6.49. The molecule has 3 nitrogen and oxygen atoms in total. The largest absolute Gasteiger partial charge is 0.430 e. The van der Waals surface area contributed by atoms with Crippen molar-refractivity contribution in [2.45, 2.75) is 19.8 Å². The summed E-state index contributed by atoms with van der Waals surface area (Å²) in [4.78, 5) is 4.30. The summed E-state index contributed by atoms with van der Waals surface area (Å²) in [6.45, 7) is 4.12. The third-order valence-corrected chi connectivity index (χ3v) is 3.10. The Morgan fingerprint density at radius 3 is 2.50 bits per heavy atom. The number of halogens is 1. The Hall–Kier alpha value is -0.940. The lowest BCUT2D eigenvalue weighted by molar-refractivity contribution is 0.476. The molecule has 1 aromatic carbocycles. The summed E-state index contributed by atoms with van der Waals surface area (Å²) in [5, 5.41) is 0.589. The van der Waals surface area contributed by atoms with Gasteiger partial charge in [0.05, 0.1) is 0 Å². The fourth-order valence-electron chi connectivity index (χ4n) is 1.10. The Labute approximate surface area is 107 Å². The van der Waals surface area contributed by atoms with Crippen LogP contribution in [-0.4, -0.2) is 9.36 Å². The summed E-state index contributed by atoms with van der Waals surface area (Å²) in [6, 6.07) is 7.64. The fourth-order valence-corrected chi connectivity index (χ4v) is 2.06. The molecular formula is C11H11BrN2OS. The van der Waals surface area contributed by atoms with Crippen LogP contribution in [0.5, 0.6) is 10.9 Å². The van der Waals surface area contributed by atoms with Gasteiger partial charge in [0, 0.05) is 21.9 Å². The third kappa shape index (κ3) is 2.80. The van der Waals surface area contributed by atoms with E-state index in [4.69, 9.17) is 4.74 Å². The maximum atomic E-state index is 5.59. The number of ether oxygens (including phenoxy) is 1. The van der Waals surface area contributed by atoms with E-state index in [1.165, 1.54) is 11.5 Å². The first-order valence-electron chi connectivity index (χ1n) is 4.92. The van der Waals surface area contributed by atoms with E-state index in [-0.39, 0.29) is 0 Å². The number of rotatable bonds is 3. The zero-order valence-corrected chi connectivity index (χ0v) is 11.4. The van der Waals surface area contributed by atoms with Gasteiger partial charge in [-0.05, 0) is 24.3 Å². The molecule has 2 rings (SSSR count). The molecule has 0 saturated heterocycles. The molecule has 0 fully saturated rings. The topological polar surface area (TPSA) is 35.0 Å². The van der Waals surface area contributed by atoms with E-state index < -0.39 is 0 Å². The van der Waals surface area contributed by atoms with E-state index in [0.29, 0.717) is 11.1 Å². The number of aromatic nitrogens is 2. The number of nitrogens with zero attached hydrogens (tertiary/aromatic N) is 2. The van der Waals surface area contributed by atoms with E-state index in [9.17, 15) is 0 Å². The minimum absolute atomic E-state index is 0.332. The van der Waals surface area contributed by atoms with Crippen LogP contribution >= 0.6 is 27.5 Å². The van der Waals surface area contributed by atoms with Crippen LogP contribution < -0.4 is 4.74 Å². The molecule has 0 amide bonds. The SMILES string of the molecule is CC(C)c1nsc(Oc2ccc(Br)cc2)n1. The molecule has 0 aliphatic carbocycles. The maximum Gasteiger partial charge on any atom is 0.298 e. The van der Waals surface area contributed by atoms with Crippen LogP contribution in [-0.2, 0) is 0 Å². The zero-order chi connectivity index (χ0) is 11.5. The van der Waals surface area contributed by atoms with Crippen molar-refractivity contribution in [1.29, 1.82) is 0 Å². The first kappa shape index (κ1) is 11.5. The molecule has 0 bridgehead atoms. The Kier molecular flexibility index (Phi) is 3.56. The average Bonchev–Trinajstić information content (AvgIpc) is 2.70. The van der Waals surface area contributed by atoms with Crippen LogP contribution in [0.4, 0.5) is 0 Å². The van der Waals surface area contributed by atoms with Gasteiger partial charge in [-0.1, -0.05) is 29.8 Å². The second-order valence-corrected chi connectivity index (χ2v) is 5.26. The summed E-state index contributed by atoms with van der Waals surface area (Å²) < 4.78 is 10.8. The lowest BCUT2D eigenvalue weighted by Crippen LogP contribution is -1.89. The molecule has 2 aromatic rings. The molecule has 0 unspecified atom stereocenters. The predicted octanol–water partition coefficient (Wildman–Crippen LogP) is 4.22. The van der Waals surface area contributed by atoms with Crippen LogP contribution in [0.25, 0.3) is 0 Å². The van der Waals surface area contributed by atoms with Crippen molar-refractivity contribution in [3.8, 4) is 10.9 Å². The smallest absolute Gasteiger partial charge is 0.298 e. The molecule has 0 aliphatic heterocycles. The standard InChI is InChI=1S/C11H11BrN2OS/c1-7(2)10-13-11(16-14-10)15-9-5-3-8(12)4-6-9/h3-7H,1-2H3. The minimum Gasteiger partial charge on any atom is -0.430 e. The van der Waals surface area contributed by atoms with Crippen molar-refractivity contribution in [2.24, 2.45) is 0 Å². The quantitative estimate of drug-likeness (QED) is 0.851. The van der Waals surface area contributed by atoms with Gasteiger partial charge in [0.15, 0.2) is 0 Å². The van der Waals surface area contributed by atoms with Crippen molar-refractivity contribution >= 4 is 27.5 Å². The van der Waals surface area contributed by atoms with Crippen LogP contribution in [0.15, 0.2) is 28.7 Å². The highest BCUT2D eigenvalue weighted by atomic mass is 79.9. The van der Waals surface area contributed by atoms with Crippen molar-refractivity contribution in [2.75, 3.05) is 0 Å². The van der Waals surface area contributed by atoms with E-state index in [2.05, 4.69) is 39.1 Å². The molecule has 0 N–H and O–H groups in total. The molecule has 5 heteroatoms. The first-order chi connectivity index (χ1) is 7.65. The van der Waals surface area contributed by atoms with Crippen LogP contribution in [0.2, 0.25) is 0 Å². The van der Waals surface area contributed by atoms with Gasteiger partial charge >= 0.3 is 0 Å². The van der Waals surface area contributed by atoms with Gasteiger partial charge in [-0.3, -0.25) is 0 Å². The van der Waals surface area contributed by atoms with Crippen molar-refractivity contribution in [3.63, 3.8) is 0 Å². The Balaban J connectivity index is 2.11. The molecule has 0 atom stereocenters. The Morgan fingerprint density at radius 2 is 1.94 bits per heavy atom. The molecule has 0 radical (unpaired) electrons. The molecule has 0 aliphatic rings. The van der Waals surface area contributed by atoms with E-state index >= 15 is 0 Å². The highest BCUT2D eigenvalue weighted by Gasteiger charge is 2.08. The summed E-state index contributed by atoms with van der Waals surface area (Å²) in [7, 11) is 0. The molecule has 0 saturated carbocycles. The van der Waals surface area contributed by atoms with Gasteiger partial charge in [-0.25, -0.2) is 0 Å². The summed E-state index contributed by atoms with van der Waals surface area (Å²) >= 11 is 4.65. The molecule has 1 heterocycles. The average molecular weight is 299 g/mol. The summed E-state index contributed by atoms with van der Waals surface area (Å²) in [5.41, 5.74) is 0. The van der Waals surface area contributed by atoms with Gasteiger partial charge in [-0.15, -0.1) is 0 Å². The van der Waals surface area contributed by atoms with E-state index in [1.54, 1.807) is 0 Å². The van der Waals surface area contributed by atoms with Gasteiger partial charge in [-0.2, -0.15) is 9.36 Å². The Morgan fingerprint density at radius 1 is 1.25 bits per heavy atom. The van der Waals surface area contributed by atoms with E-state index in [0.717, 1.165) is 16.0 Å². The normalized spacial score (nSPS) is 10.8. The monoisotopic (exact) mass is 298 g/mol. The molecule has 16 heavy (non-hydrogen) atoms. The number of hydrogen-bond acceptors (Lipinski definition) is 4. The molecular weight excluding hydrogens is 288 g/mol. The Bertz CT molecular complexity index is 467. The number of benzene rings is 1. The van der Waals surface area contributed by atoms with Gasteiger partial charge in [0.25, 0.3) is 5.19 Å². The van der Waals surface area contributed by atoms with Crippen LogP contribution in [0.3, 0.4) is 0 Å². The van der Waals surface area contributed by atoms with E-state index in [1.807, 2.05) is 24.3 Å². The molecule has 84 valence electrons. The highest BCUT2D eigenvalue weighted by molar-refractivity contribution is 9.10. The van der Waals surface area contributed by atoms with Crippen molar-refractivity contribution in [3.05, 3.63) is 34.6 Å². The van der Waals surface area contributed by atoms with Crippen molar-refractivity contribution in [1.82, 2.24) is 9.36 Å². The number of hydrogen-bond donors (Lipinski definition) is 0. The zero-order valence-electron chi connectivity index (χ0n) is 8.98. The predicted molar refractivity (Wildman–Crippen MR) is 68.2 cm³/mol. The fraction of sp³-hybridized carbons (Fsp3) is 0.273. The summed E-state index contributed by atoms with van der Waals surface area (Å²) in [5.74, 6) is 1.94. The van der Waals surface area contributed by atoms with Crippen molar-refractivity contribution < 1.29 is 4.74 Å². The second kappa shape index (κ2) is 4.93. The van der Waals surface area contributed by atoms with Crippen LogP contribution in [0, 0.1) is 0 Å². The lowest BCUT2D eigenvalue weighted by Gasteiger charge is -2.00. The maximum absolute atomic E-state index is 5.59. The lowest BCUT2D eigenvalue weighted by atomic mass is 10.2. The van der Waals surface area contributed by atoms with Gasteiger partial charge in [0.1, 0.15) is 11.6 Å². The third-order valence-electron chi connectivity index (χ3n) is 1.96. The second-order valence-electron chi connectivity index (χ2n) is 3.63. The molecule has 0 spiro atoms. The van der Waals surface area contributed by atoms with Gasteiger partial charge in [0.2, 0.25) is 0 Å².